The Morgan fingerprint density at radius 2 is 1.30 bits per heavy atom. The van der Waals surface area contributed by atoms with Crippen LogP contribution in [-0.2, 0) is 10.2 Å². The first-order valence-corrected chi connectivity index (χ1v) is 9.87. The summed E-state index contributed by atoms with van der Waals surface area (Å²) in [6.45, 7) is 0. The van der Waals surface area contributed by atoms with Crippen molar-refractivity contribution in [1.82, 2.24) is 0 Å². The molecule has 1 aliphatic rings. The van der Waals surface area contributed by atoms with Crippen LogP contribution in [0, 0.1) is 0 Å². The van der Waals surface area contributed by atoms with Crippen molar-refractivity contribution in [1.29, 1.82) is 0 Å². The standard InChI is InChI=1S/C22H16ClNO2S/c23-18-11-13-19(14-12-18)24-20(25)22(15-27-21(24)26,16-7-3-1-4-8-16)17-9-5-2-6-10-17/h1-14H,15H2. The summed E-state index contributed by atoms with van der Waals surface area (Å²) in [5.74, 6) is 0.119. The monoisotopic (exact) mass is 393 g/mol. The number of imide groups is 1. The highest BCUT2D eigenvalue weighted by Crippen LogP contribution is 2.43. The fraction of sp³-hybridized carbons (Fsp3) is 0.0909. The van der Waals surface area contributed by atoms with E-state index < -0.39 is 5.41 Å². The third-order valence-corrected chi connectivity index (χ3v) is 6.04. The van der Waals surface area contributed by atoms with Crippen LogP contribution in [-0.4, -0.2) is 16.9 Å². The number of benzene rings is 3. The normalized spacial score (nSPS) is 16.4. The van der Waals surface area contributed by atoms with Crippen molar-refractivity contribution in [2.45, 2.75) is 5.41 Å². The Bertz CT molecular complexity index is 935. The van der Waals surface area contributed by atoms with E-state index in [-0.39, 0.29) is 11.1 Å². The van der Waals surface area contributed by atoms with Crippen LogP contribution in [0.3, 0.4) is 0 Å². The van der Waals surface area contributed by atoms with Gasteiger partial charge in [0.1, 0.15) is 5.41 Å². The number of rotatable bonds is 3. The predicted octanol–water partition coefficient (Wildman–Crippen LogP) is 5.53. The van der Waals surface area contributed by atoms with Gasteiger partial charge in [-0.2, -0.15) is 0 Å². The van der Waals surface area contributed by atoms with Crippen molar-refractivity contribution < 1.29 is 9.59 Å². The number of hydrogen-bond donors (Lipinski definition) is 0. The molecule has 0 radical (unpaired) electrons. The van der Waals surface area contributed by atoms with Gasteiger partial charge in [-0.25, -0.2) is 4.90 Å². The largest absolute Gasteiger partial charge is 0.292 e. The lowest BCUT2D eigenvalue weighted by Gasteiger charge is -2.40. The first-order valence-electron chi connectivity index (χ1n) is 8.51. The molecule has 27 heavy (non-hydrogen) atoms. The maximum atomic E-state index is 13.8. The number of amides is 2. The molecular weight excluding hydrogens is 378 g/mol. The minimum absolute atomic E-state index is 0.244. The molecule has 1 saturated heterocycles. The Balaban J connectivity index is 1.90. The second-order valence-corrected chi connectivity index (χ2v) is 7.67. The van der Waals surface area contributed by atoms with E-state index in [0.29, 0.717) is 16.5 Å². The Morgan fingerprint density at radius 3 is 1.81 bits per heavy atom. The molecule has 1 aliphatic heterocycles. The minimum Gasteiger partial charge on any atom is -0.273 e. The van der Waals surface area contributed by atoms with Crippen LogP contribution in [0.4, 0.5) is 10.5 Å². The van der Waals surface area contributed by atoms with E-state index in [1.165, 1.54) is 4.90 Å². The lowest BCUT2D eigenvalue weighted by molar-refractivity contribution is -0.121. The molecule has 134 valence electrons. The molecule has 2 amide bonds. The van der Waals surface area contributed by atoms with Crippen LogP contribution >= 0.6 is 23.4 Å². The third-order valence-electron chi connectivity index (χ3n) is 4.78. The summed E-state index contributed by atoms with van der Waals surface area (Å²) in [6.07, 6.45) is 0. The topological polar surface area (TPSA) is 37.4 Å². The van der Waals surface area contributed by atoms with Crippen molar-refractivity contribution in [3.8, 4) is 0 Å². The number of anilines is 1. The summed E-state index contributed by atoms with van der Waals surface area (Å²) in [7, 11) is 0. The van der Waals surface area contributed by atoms with Crippen molar-refractivity contribution in [2.75, 3.05) is 10.7 Å². The van der Waals surface area contributed by atoms with Gasteiger partial charge in [-0.15, -0.1) is 0 Å². The van der Waals surface area contributed by atoms with Gasteiger partial charge in [0, 0.05) is 10.8 Å². The van der Waals surface area contributed by atoms with Gasteiger partial charge in [0.05, 0.1) is 5.69 Å². The zero-order valence-electron chi connectivity index (χ0n) is 14.3. The summed E-state index contributed by atoms with van der Waals surface area (Å²) >= 11 is 7.14. The zero-order chi connectivity index (χ0) is 18.9. The third kappa shape index (κ3) is 3.05. The number of thioether (sulfide) groups is 1. The first-order chi connectivity index (χ1) is 13.1. The average Bonchev–Trinajstić information content (AvgIpc) is 2.71. The second kappa shape index (κ2) is 7.22. The number of nitrogens with zero attached hydrogens (tertiary/aromatic N) is 1. The van der Waals surface area contributed by atoms with E-state index in [1.54, 1.807) is 24.3 Å². The maximum absolute atomic E-state index is 13.8. The highest BCUT2D eigenvalue weighted by Gasteiger charge is 2.50. The number of carbonyl (C=O) groups is 2. The molecule has 0 aromatic heterocycles. The van der Waals surface area contributed by atoms with Crippen molar-refractivity contribution >= 4 is 40.2 Å². The second-order valence-electron chi connectivity index (χ2n) is 6.31. The van der Waals surface area contributed by atoms with E-state index in [2.05, 4.69) is 0 Å². The van der Waals surface area contributed by atoms with Gasteiger partial charge in [-0.1, -0.05) is 84.0 Å². The van der Waals surface area contributed by atoms with Crippen LogP contribution in [0.1, 0.15) is 11.1 Å². The highest BCUT2D eigenvalue weighted by atomic mass is 35.5. The quantitative estimate of drug-likeness (QED) is 0.587. The summed E-state index contributed by atoms with van der Waals surface area (Å²) in [6, 6.07) is 26.1. The van der Waals surface area contributed by atoms with Crippen LogP contribution in [0.25, 0.3) is 0 Å². The fourth-order valence-electron chi connectivity index (χ4n) is 3.41. The summed E-state index contributed by atoms with van der Waals surface area (Å²) in [4.78, 5) is 27.7. The van der Waals surface area contributed by atoms with Crippen LogP contribution in [0.5, 0.6) is 0 Å². The Labute approximate surface area is 167 Å². The van der Waals surface area contributed by atoms with Crippen LogP contribution < -0.4 is 4.90 Å². The molecule has 1 fully saturated rings. The predicted molar refractivity (Wildman–Crippen MR) is 110 cm³/mol. The molecule has 4 rings (SSSR count). The lowest BCUT2D eigenvalue weighted by atomic mass is 9.74. The molecule has 0 saturated carbocycles. The fourth-order valence-corrected chi connectivity index (χ4v) is 4.65. The molecule has 0 spiro atoms. The van der Waals surface area contributed by atoms with Gasteiger partial charge in [0.25, 0.3) is 5.24 Å². The van der Waals surface area contributed by atoms with E-state index in [9.17, 15) is 9.59 Å². The lowest BCUT2D eigenvalue weighted by Crippen LogP contribution is -2.55. The van der Waals surface area contributed by atoms with Crippen molar-refractivity contribution in [2.24, 2.45) is 0 Å². The van der Waals surface area contributed by atoms with Gasteiger partial charge < -0.3 is 0 Å². The zero-order valence-corrected chi connectivity index (χ0v) is 15.9. The SMILES string of the molecule is O=C1SCC(c2ccccc2)(c2ccccc2)C(=O)N1c1ccc(Cl)cc1. The van der Waals surface area contributed by atoms with Crippen LogP contribution in [0.2, 0.25) is 5.02 Å². The van der Waals surface area contributed by atoms with E-state index in [4.69, 9.17) is 11.6 Å². The number of halogens is 1. The molecular formula is C22H16ClNO2S. The number of carbonyl (C=O) groups excluding carboxylic acids is 2. The highest BCUT2D eigenvalue weighted by molar-refractivity contribution is 8.14. The van der Waals surface area contributed by atoms with Gasteiger partial charge >= 0.3 is 0 Å². The Hall–Kier alpha value is -2.56. The average molecular weight is 394 g/mol. The van der Waals surface area contributed by atoms with Crippen molar-refractivity contribution in [3.05, 3.63) is 101 Å². The van der Waals surface area contributed by atoms with Crippen molar-refractivity contribution in [3.63, 3.8) is 0 Å². The van der Waals surface area contributed by atoms with E-state index in [0.717, 1.165) is 22.9 Å². The first kappa shape index (κ1) is 17.8. The van der Waals surface area contributed by atoms with Gasteiger partial charge in [-0.3, -0.25) is 9.59 Å². The molecule has 3 nitrogen and oxygen atoms in total. The summed E-state index contributed by atoms with van der Waals surface area (Å²) in [5.41, 5.74) is 1.35. The van der Waals surface area contributed by atoms with Gasteiger partial charge in [0.15, 0.2) is 0 Å². The Morgan fingerprint density at radius 1 is 0.778 bits per heavy atom. The number of hydrogen-bond acceptors (Lipinski definition) is 3. The molecule has 0 aliphatic carbocycles. The maximum Gasteiger partial charge on any atom is 0.292 e. The smallest absolute Gasteiger partial charge is 0.273 e. The molecule has 0 atom stereocenters. The molecule has 0 bridgehead atoms. The molecule has 3 aromatic carbocycles. The molecule has 1 heterocycles. The molecule has 5 heteroatoms. The molecule has 0 unspecified atom stereocenters. The Kier molecular flexibility index (Phi) is 4.77. The van der Waals surface area contributed by atoms with E-state index in [1.807, 2.05) is 60.7 Å². The summed E-state index contributed by atoms with van der Waals surface area (Å²) in [5, 5.41) is 0.283. The molecule has 3 aromatic rings. The summed E-state index contributed by atoms with van der Waals surface area (Å²) < 4.78 is 0. The minimum atomic E-state index is -0.930. The molecule has 0 N–H and O–H groups in total. The van der Waals surface area contributed by atoms with E-state index >= 15 is 0 Å². The van der Waals surface area contributed by atoms with Crippen LogP contribution in [0.15, 0.2) is 84.9 Å². The van der Waals surface area contributed by atoms with Gasteiger partial charge in [-0.05, 0) is 35.4 Å². The van der Waals surface area contributed by atoms with Gasteiger partial charge in [0.2, 0.25) is 5.91 Å².